The Kier molecular flexibility index (Phi) is 7.17. The summed E-state index contributed by atoms with van der Waals surface area (Å²) in [7, 11) is 0. The van der Waals surface area contributed by atoms with Gasteiger partial charge >= 0.3 is 12.1 Å². The lowest BCUT2D eigenvalue weighted by atomic mass is 9.82. The van der Waals surface area contributed by atoms with E-state index in [1.807, 2.05) is 32.9 Å². The molecule has 34 heavy (non-hydrogen) atoms. The fourth-order valence-electron chi connectivity index (χ4n) is 5.11. The molecule has 2 amide bonds. The van der Waals surface area contributed by atoms with Gasteiger partial charge in [0.15, 0.2) is 0 Å². The number of carbonyl (C=O) groups is 3. The summed E-state index contributed by atoms with van der Waals surface area (Å²) in [6, 6.07) is 1.58. The predicted molar refractivity (Wildman–Crippen MR) is 133 cm³/mol. The van der Waals surface area contributed by atoms with Crippen molar-refractivity contribution in [2.45, 2.75) is 77.4 Å². The monoisotopic (exact) mass is 486 g/mol. The van der Waals surface area contributed by atoms with Crippen LogP contribution in [0.5, 0.6) is 0 Å². The molecular formula is C26H34N2O5S. The van der Waals surface area contributed by atoms with Crippen LogP contribution in [-0.2, 0) is 9.53 Å². The molecule has 184 valence electrons. The Morgan fingerprint density at radius 1 is 1.15 bits per heavy atom. The van der Waals surface area contributed by atoms with Gasteiger partial charge in [0, 0.05) is 11.4 Å². The van der Waals surface area contributed by atoms with Crippen LogP contribution >= 0.6 is 11.3 Å². The standard InChI is InChI=1S/C26H34N2O5S/c1-26(2,3)33-25(32)27-15-20(17-10-6-4-7-11-17)28(22(29)16-27)19-14-21(34-23(19)24(30)31)18-12-8-5-9-13-18/h8,12-14,17,20H,4-7,9-11,15-16H2,1-3H3,(H,30,31)/t20-/m0/s1. The van der Waals surface area contributed by atoms with E-state index < -0.39 is 17.7 Å². The lowest BCUT2D eigenvalue weighted by Crippen LogP contribution is -2.61. The van der Waals surface area contributed by atoms with Crippen molar-refractivity contribution in [2.75, 3.05) is 18.0 Å². The molecule has 4 rings (SSSR count). The summed E-state index contributed by atoms with van der Waals surface area (Å²) >= 11 is 1.22. The molecule has 1 atom stereocenters. The van der Waals surface area contributed by atoms with Crippen molar-refractivity contribution in [1.29, 1.82) is 0 Å². The van der Waals surface area contributed by atoms with E-state index in [1.165, 1.54) is 16.2 Å². The number of allylic oxidation sites excluding steroid dienone is 4. The Morgan fingerprint density at radius 2 is 1.88 bits per heavy atom. The normalized spacial score (nSPS) is 22.0. The SMILES string of the molecule is CC(C)(C)OC(=O)N1CC(=O)N(c2cc(C3=CCCC=C3)sc2C(=O)O)[C@H](C2CCCCC2)C1. The van der Waals surface area contributed by atoms with E-state index in [4.69, 9.17) is 4.74 Å². The van der Waals surface area contributed by atoms with E-state index in [0.29, 0.717) is 12.2 Å². The van der Waals surface area contributed by atoms with Crippen molar-refractivity contribution in [3.05, 3.63) is 34.0 Å². The minimum atomic E-state index is -1.03. The zero-order valence-electron chi connectivity index (χ0n) is 20.2. The zero-order chi connectivity index (χ0) is 24.5. The van der Waals surface area contributed by atoms with Crippen LogP contribution in [0.4, 0.5) is 10.5 Å². The van der Waals surface area contributed by atoms with Gasteiger partial charge in [0.05, 0.1) is 11.7 Å². The van der Waals surface area contributed by atoms with Gasteiger partial charge in [-0.25, -0.2) is 9.59 Å². The second kappa shape index (κ2) is 9.94. The second-order valence-corrected chi connectivity index (χ2v) is 11.4. The molecule has 1 aromatic rings. The van der Waals surface area contributed by atoms with Crippen LogP contribution in [0.1, 0.15) is 80.3 Å². The van der Waals surface area contributed by atoms with Crippen LogP contribution in [0.2, 0.25) is 0 Å². The van der Waals surface area contributed by atoms with E-state index in [-0.39, 0.29) is 29.3 Å². The maximum absolute atomic E-state index is 13.5. The molecule has 0 radical (unpaired) electrons. The molecule has 1 N–H and O–H groups in total. The van der Waals surface area contributed by atoms with Gasteiger partial charge in [-0.2, -0.15) is 0 Å². The quantitative estimate of drug-likeness (QED) is 0.589. The van der Waals surface area contributed by atoms with E-state index in [9.17, 15) is 19.5 Å². The molecule has 0 bridgehead atoms. The van der Waals surface area contributed by atoms with E-state index in [0.717, 1.165) is 55.4 Å². The van der Waals surface area contributed by atoms with Gasteiger partial charge < -0.3 is 14.7 Å². The minimum absolute atomic E-state index is 0.120. The predicted octanol–water partition coefficient (Wildman–Crippen LogP) is 5.71. The number of hydrogen-bond donors (Lipinski definition) is 1. The molecule has 0 aromatic carbocycles. The lowest BCUT2D eigenvalue weighted by molar-refractivity contribution is -0.123. The molecule has 1 saturated heterocycles. The fraction of sp³-hybridized carbons (Fsp3) is 0.577. The Labute approximate surface area is 205 Å². The highest BCUT2D eigenvalue weighted by Gasteiger charge is 2.43. The van der Waals surface area contributed by atoms with E-state index in [2.05, 4.69) is 12.2 Å². The largest absolute Gasteiger partial charge is 0.477 e. The maximum Gasteiger partial charge on any atom is 0.410 e. The average Bonchev–Trinajstić information content (AvgIpc) is 3.24. The van der Waals surface area contributed by atoms with Crippen molar-refractivity contribution in [3.63, 3.8) is 0 Å². The number of carboxylic acid groups (broad SMARTS) is 1. The molecule has 3 aliphatic rings. The third kappa shape index (κ3) is 5.37. The third-order valence-corrected chi connectivity index (χ3v) is 7.79. The van der Waals surface area contributed by atoms with Crippen LogP contribution in [0.25, 0.3) is 5.57 Å². The number of carboxylic acids is 1. The van der Waals surface area contributed by atoms with Crippen LogP contribution in [0.15, 0.2) is 24.3 Å². The molecule has 1 aliphatic heterocycles. The number of piperazine rings is 1. The van der Waals surface area contributed by atoms with Gasteiger partial charge in [-0.05, 0) is 64.0 Å². The summed E-state index contributed by atoms with van der Waals surface area (Å²) < 4.78 is 5.56. The van der Waals surface area contributed by atoms with Gasteiger partial charge in [0.1, 0.15) is 17.0 Å². The minimum Gasteiger partial charge on any atom is -0.477 e. The summed E-state index contributed by atoms with van der Waals surface area (Å²) in [5.41, 5.74) is 0.799. The van der Waals surface area contributed by atoms with Crippen LogP contribution in [0, 0.1) is 5.92 Å². The number of nitrogens with zero attached hydrogens (tertiary/aromatic N) is 2. The smallest absolute Gasteiger partial charge is 0.410 e. The average molecular weight is 487 g/mol. The number of carbonyl (C=O) groups excluding carboxylic acids is 2. The van der Waals surface area contributed by atoms with Gasteiger partial charge in [0.2, 0.25) is 5.91 Å². The molecule has 8 heteroatoms. The summed E-state index contributed by atoms with van der Waals surface area (Å²) in [5, 5.41) is 10.0. The fourth-order valence-corrected chi connectivity index (χ4v) is 6.11. The number of thiophene rings is 1. The van der Waals surface area contributed by atoms with Gasteiger partial charge in [-0.3, -0.25) is 9.69 Å². The molecule has 2 fully saturated rings. The molecule has 2 aliphatic carbocycles. The molecule has 1 saturated carbocycles. The van der Waals surface area contributed by atoms with Gasteiger partial charge in [-0.15, -0.1) is 11.3 Å². The molecule has 0 unspecified atom stereocenters. The van der Waals surface area contributed by atoms with Crippen molar-refractivity contribution in [3.8, 4) is 0 Å². The molecular weight excluding hydrogens is 452 g/mol. The first kappa shape index (κ1) is 24.5. The first-order valence-corrected chi connectivity index (χ1v) is 13.0. The van der Waals surface area contributed by atoms with Crippen LogP contribution in [0.3, 0.4) is 0 Å². The second-order valence-electron chi connectivity index (χ2n) is 10.4. The Bertz CT molecular complexity index is 1010. The molecule has 7 nitrogen and oxygen atoms in total. The number of rotatable bonds is 4. The number of aromatic carboxylic acids is 1. The first-order valence-electron chi connectivity index (χ1n) is 12.2. The third-order valence-electron chi connectivity index (χ3n) is 6.63. The van der Waals surface area contributed by atoms with E-state index >= 15 is 0 Å². The van der Waals surface area contributed by atoms with Crippen LogP contribution < -0.4 is 4.90 Å². The van der Waals surface area contributed by atoms with Crippen molar-refractivity contribution >= 4 is 40.6 Å². The highest BCUT2D eigenvalue weighted by atomic mass is 32.1. The summed E-state index contributed by atoms with van der Waals surface area (Å²) in [6.45, 7) is 5.65. The highest BCUT2D eigenvalue weighted by molar-refractivity contribution is 7.15. The van der Waals surface area contributed by atoms with E-state index in [1.54, 1.807) is 4.90 Å². The number of hydrogen-bond acceptors (Lipinski definition) is 5. The van der Waals surface area contributed by atoms with Crippen molar-refractivity contribution < 1.29 is 24.2 Å². The van der Waals surface area contributed by atoms with Gasteiger partial charge in [-0.1, -0.05) is 37.5 Å². The molecule has 2 heterocycles. The van der Waals surface area contributed by atoms with Crippen molar-refractivity contribution in [1.82, 2.24) is 4.90 Å². The van der Waals surface area contributed by atoms with Crippen LogP contribution in [-0.4, -0.2) is 52.7 Å². The first-order chi connectivity index (χ1) is 16.1. The highest BCUT2D eigenvalue weighted by Crippen LogP contribution is 2.41. The number of amides is 2. The lowest BCUT2D eigenvalue weighted by Gasteiger charge is -2.45. The summed E-state index contributed by atoms with van der Waals surface area (Å²) in [5.74, 6) is -1.08. The Balaban J connectivity index is 1.70. The molecule has 1 aromatic heterocycles. The Morgan fingerprint density at radius 3 is 2.50 bits per heavy atom. The summed E-state index contributed by atoms with van der Waals surface area (Å²) in [4.78, 5) is 42.8. The Hall–Kier alpha value is -2.61. The van der Waals surface area contributed by atoms with Crippen molar-refractivity contribution in [2.24, 2.45) is 5.92 Å². The zero-order valence-corrected chi connectivity index (χ0v) is 21.0. The number of ether oxygens (including phenoxy) is 1. The number of anilines is 1. The molecule has 0 spiro atoms. The summed E-state index contributed by atoms with van der Waals surface area (Å²) in [6.07, 6.45) is 12.9. The maximum atomic E-state index is 13.5. The van der Waals surface area contributed by atoms with Gasteiger partial charge in [0.25, 0.3) is 0 Å². The topological polar surface area (TPSA) is 87.2 Å².